The minimum Gasteiger partial charge on any atom is -0.503 e. The normalized spacial score (nSPS) is 13.8. The molecule has 0 atom stereocenters. The van der Waals surface area contributed by atoms with Crippen molar-refractivity contribution in [3.63, 3.8) is 0 Å². The van der Waals surface area contributed by atoms with Crippen LogP contribution in [0.25, 0.3) is 0 Å². The summed E-state index contributed by atoms with van der Waals surface area (Å²) in [6.07, 6.45) is 5.51. The minimum atomic E-state index is -1.22. The average Bonchev–Trinajstić information content (AvgIpc) is 2.80. The first-order chi connectivity index (χ1) is 11.4. The first-order valence-electron chi connectivity index (χ1n) is 6.63. The molecule has 0 unspecified atom stereocenters. The fourth-order valence-electron chi connectivity index (χ4n) is 2.06. The predicted molar refractivity (Wildman–Crippen MR) is 79.8 cm³/mol. The zero-order chi connectivity index (χ0) is 17.9. The number of aromatic hydroxyl groups is 1. The molecule has 24 heavy (non-hydrogen) atoms. The van der Waals surface area contributed by atoms with Crippen LogP contribution in [-0.2, 0) is 19.1 Å². The Hall–Kier alpha value is -3.16. The molecule has 8 heteroatoms. The molecule has 0 spiro atoms. The third-order valence-corrected chi connectivity index (χ3v) is 3.17. The number of ether oxygens (including phenoxy) is 2. The van der Waals surface area contributed by atoms with E-state index in [1.807, 2.05) is 0 Å². The third kappa shape index (κ3) is 3.12. The number of nitrogens with zero attached hydrogens (tertiary/aromatic N) is 1. The van der Waals surface area contributed by atoms with Crippen molar-refractivity contribution in [2.45, 2.75) is 0 Å². The van der Waals surface area contributed by atoms with E-state index in [-0.39, 0.29) is 17.0 Å². The number of benzene rings is 1. The Kier molecular flexibility index (Phi) is 4.98. The Bertz CT molecular complexity index is 760. The molecule has 126 valence electrons. The zero-order valence-electron chi connectivity index (χ0n) is 12.7. The lowest BCUT2D eigenvalue weighted by Crippen LogP contribution is -2.27. The van der Waals surface area contributed by atoms with Gasteiger partial charge >= 0.3 is 11.9 Å². The zero-order valence-corrected chi connectivity index (χ0v) is 12.7. The second-order valence-corrected chi connectivity index (χ2v) is 4.57. The molecule has 0 bridgehead atoms. The van der Waals surface area contributed by atoms with Gasteiger partial charge in [-0.2, -0.15) is 0 Å². The summed E-state index contributed by atoms with van der Waals surface area (Å²) in [5.74, 6) is -5.34. The van der Waals surface area contributed by atoms with Gasteiger partial charge in [-0.25, -0.2) is 18.4 Å². The van der Waals surface area contributed by atoms with Gasteiger partial charge < -0.3 is 19.5 Å². The lowest BCUT2D eigenvalue weighted by Gasteiger charge is -2.23. The number of methoxy groups -OCH3 is 2. The second kappa shape index (κ2) is 6.95. The lowest BCUT2D eigenvalue weighted by molar-refractivity contribution is -0.139. The standard InChI is InChI=1S/C16H13F2NO5/c1-23-15(21)10-5-3-4-6-19(13(10)16(22)24-2)9-7-11(17)14(20)12(18)8-9/h3-8,20H,1-2H3. The van der Waals surface area contributed by atoms with Crippen LogP contribution in [0.4, 0.5) is 14.5 Å². The van der Waals surface area contributed by atoms with Gasteiger partial charge in [0, 0.05) is 18.3 Å². The molecular weight excluding hydrogens is 324 g/mol. The van der Waals surface area contributed by atoms with Gasteiger partial charge in [0.15, 0.2) is 17.4 Å². The molecule has 1 aromatic rings. The summed E-state index contributed by atoms with van der Waals surface area (Å²) in [4.78, 5) is 25.1. The van der Waals surface area contributed by atoms with Crippen molar-refractivity contribution in [2.75, 3.05) is 19.1 Å². The van der Waals surface area contributed by atoms with Crippen LogP contribution in [0.1, 0.15) is 0 Å². The van der Waals surface area contributed by atoms with E-state index in [0.717, 1.165) is 31.3 Å². The Morgan fingerprint density at radius 2 is 1.62 bits per heavy atom. The van der Waals surface area contributed by atoms with Gasteiger partial charge in [-0.1, -0.05) is 6.08 Å². The maximum Gasteiger partial charge on any atom is 0.355 e. The Labute approximate surface area is 135 Å². The quantitative estimate of drug-likeness (QED) is 0.852. The van der Waals surface area contributed by atoms with E-state index in [1.165, 1.54) is 24.4 Å². The molecule has 0 saturated heterocycles. The van der Waals surface area contributed by atoms with Gasteiger partial charge in [0.2, 0.25) is 0 Å². The number of anilines is 1. The smallest absolute Gasteiger partial charge is 0.355 e. The number of hydrogen-bond acceptors (Lipinski definition) is 6. The van der Waals surface area contributed by atoms with E-state index in [4.69, 9.17) is 0 Å². The first kappa shape index (κ1) is 17.2. The molecule has 2 rings (SSSR count). The van der Waals surface area contributed by atoms with Crippen molar-refractivity contribution < 1.29 is 33.0 Å². The Morgan fingerprint density at radius 1 is 1.04 bits per heavy atom. The van der Waals surface area contributed by atoms with Gasteiger partial charge in [0.05, 0.1) is 25.5 Å². The van der Waals surface area contributed by atoms with Crippen LogP contribution in [0, 0.1) is 11.6 Å². The highest BCUT2D eigenvalue weighted by Crippen LogP contribution is 2.31. The minimum absolute atomic E-state index is 0.135. The van der Waals surface area contributed by atoms with E-state index < -0.39 is 29.3 Å². The molecular formula is C16H13F2NO5. The maximum atomic E-state index is 13.6. The number of phenols is 1. The summed E-state index contributed by atoms with van der Waals surface area (Å²) in [7, 11) is 2.22. The second-order valence-electron chi connectivity index (χ2n) is 4.57. The molecule has 0 fully saturated rings. The molecule has 0 saturated carbocycles. The highest BCUT2D eigenvalue weighted by Gasteiger charge is 2.28. The van der Waals surface area contributed by atoms with E-state index in [9.17, 15) is 23.5 Å². The summed E-state index contributed by atoms with van der Waals surface area (Å²) >= 11 is 0. The number of rotatable bonds is 3. The SMILES string of the molecule is COC(=O)C1=C(C(=O)OC)N(c2cc(F)c(O)c(F)c2)C=CC=C1. The van der Waals surface area contributed by atoms with Gasteiger partial charge in [-0.15, -0.1) is 0 Å². The summed E-state index contributed by atoms with van der Waals surface area (Å²) in [6.45, 7) is 0. The number of carbonyl (C=O) groups is 2. The number of esters is 2. The van der Waals surface area contributed by atoms with Crippen LogP contribution in [0.5, 0.6) is 5.75 Å². The van der Waals surface area contributed by atoms with E-state index in [2.05, 4.69) is 9.47 Å². The fourth-order valence-corrected chi connectivity index (χ4v) is 2.06. The Balaban J connectivity index is 2.70. The average molecular weight is 337 g/mol. The van der Waals surface area contributed by atoms with Crippen LogP contribution in [-0.4, -0.2) is 31.3 Å². The summed E-state index contributed by atoms with van der Waals surface area (Å²) in [5, 5.41) is 9.21. The number of phenolic OH excluding ortho intramolecular Hbond substituents is 1. The highest BCUT2D eigenvalue weighted by molar-refractivity contribution is 6.05. The predicted octanol–water partition coefficient (Wildman–Crippen LogP) is 2.16. The topological polar surface area (TPSA) is 76.1 Å². The van der Waals surface area contributed by atoms with Crippen molar-refractivity contribution in [1.82, 2.24) is 0 Å². The van der Waals surface area contributed by atoms with Crippen molar-refractivity contribution >= 4 is 17.6 Å². The van der Waals surface area contributed by atoms with Crippen molar-refractivity contribution in [3.8, 4) is 5.75 Å². The lowest BCUT2D eigenvalue weighted by atomic mass is 10.1. The maximum absolute atomic E-state index is 13.6. The van der Waals surface area contributed by atoms with Crippen molar-refractivity contribution in [1.29, 1.82) is 0 Å². The summed E-state index contributed by atoms with van der Waals surface area (Å²) in [6, 6.07) is 1.62. The van der Waals surface area contributed by atoms with Crippen molar-refractivity contribution in [3.05, 3.63) is 59.5 Å². The molecule has 1 aliphatic rings. The largest absolute Gasteiger partial charge is 0.503 e. The molecule has 6 nitrogen and oxygen atoms in total. The molecule has 1 aliphatic heterocycles. The van der Waals surface area contributed by atoms with E-state index in [1.54, 1.807) is 0 Å². The van der Waals surface area contributed by atoms with E-state index >= 15 is 0 Å². The number of hydrogen-bond donors (Lipinski definition) is 1. The number of halogens is 2. The number of carbonyl (C=O) groups excluding carboxylic acids is 2. The van der Waals surface area contributed by atoms with Crippen LogP contribution >= 0.6 is 0 Å². The van der Waals surface area contributed by atoms with Crippen molar-refractivity contribution in [2.24, 2.45) is 0 Å². The molecule has 1 N–H and O–H groups in total. The van der Waals surface area contributed by atoms with Gasteiger partial charge in [-0.3, -0.25) is 0 Å². The molecule has 0 amide bonds. The Morgan fingerprint density at radius 3 is 2.17 bits per heavy atom. The third-order valence-electron chi connectivity index (χ3n) is 3.17. The van der Waals surface area contributed by atoms with Gasteiger partial charge in [0.1, 0.15) is 5.70 Å². The van der Waals surface area contributed by atoms with Crippen LogP contribution in [0.15, 0.2) is 47.8 Å². The van der Waals surface area contributed by atoms with Gasteiger partial charge in [0.25, 0.3) is 0 Å². The number of allylic oxidation sites excluding steroid dienone is 2. The molecule has 0 aliphatic carbocycles. The molecule has 0 aromatic heterocycles. The van der Waals surface area contributed by atoms with Gasteiger partial charge in [-0.05, 0) is 12.2 Å². The summed E-state index contributed by atoms with van der Waals surface area (Å²) in [5.41, 5.74) is -0.591. The van der Waals surface area contributed by atoms with Crippen LogP contribution in [0.2, 0.25) is 0 Å². The summed E-state index contributed by atoms with van der Waals surface area (Å²) < 4.78 is 36.6. The van der Waals surface area contributed by atoms with Crippen LogP contribution in [0.3, 0.4) is 0 Å². The molecule has 0 radical (unpaired) electrons. The van der Waals surface area contributed by atoms with E-state index in [0.29, 0.717) is 0 Å². The molecule has 1 heterocycles. The fraction of sp³-hybridized carbons (Fsp3) is 0.125. The monoisotopic (exact) mass is 337 g/mol. The highest BCUT2D eigenvalue weighted by atomic mass is 19.1. The van der Waals surface area contributed by atoms with Crippen LogP contribution < -0.4 is 4.90 Å². The molecule has 1 aromatic carbocycles. The first-order valence-corrected chi connectivity index (χ1v) is 6.63.